The molecule has 0 radical (unpaired) electrons. The molecule has 0 N–H and O–H groups in total. The zero-order valence-corrected chi connectivity index (χ0v) is 17.1. The van der Waals surface area contributed by atoms with Crippen molar-refractivity contribution in [2.45, 2.75) is 32.8 Å². The maximum atomic E-state index is 9.31. The number of benzene rings is 1. The summed E-state index contributed by atoms with van der Waals surface area (Å²) in [4.78, 5) is 11.5. The summed E-state index contributed by atoms with van der Waals surface area (Å²) in [5, 5.41) is 1.33. The smallest absolute Gasteiger partial charge is 0.294 e. The van der Waals surface area contributed by atoms with Gasteiger partial charge < -0.3 is 18.9 Å². The van der Waals surface area contributed by atoms with Crippen LogP contribution in [0.15, 0.2) is 24.4 Å². The average molecular weight is 371 g/mol. The van der Waals surface area contributed by atoms with Crippen molar-refractivity contribution in [2.24, 2.45) is 7.05 Å². The number of aromatic nitrogens is 1. The highest BCUT2D eigenvalue weighted by Crippen LogP contribution is 2.25. The Morgan fingerprint density at radius 1 is 1.32 bits per heavy atom. The van der Waals surface area contributed by atoms with Crippen molar-refractivity contribution in [3.8, 4) is 5.75 Å². The first-order chi connectivity index (χ1) is 11.9. The molecular weight excluding hydrogens is 340 g/mol. The molecule has 1 aromatic heterocycles. The standard InChI is InChI=1S/C14H20N2O.C3H5ClO2.C2H6/c1-15(2)8-7-11-10-16(3)14-9-12(17-4)5-6-13(11)14;1-3(4)6-2-5;1-2/h5-6,9-10H,7-8H2,1-4H3;2-3H,1H3;1-2H3. The quantitative estimate of drug-likeness (QED) is 0.568. The van der Waals surface area contributed by atoms with Gasteiger partial charge in [-0.1, -0.05) is 25.4 Å². The van der Waals surface area contributed by atoms with E-state index in [1.165, 1.54) is 16.5 Å². The Kier molecular flexibility index (Phi) is 11.7. The van der Waals surface area contributed by atoms with Crippen LogP contribution in [0.4, 0.5) is 0 Å². The molecule has 0 aliphatic rings. The van der Waals surface area contributed by atoms with Crippen LogP contribution in [0.1, 0.15) is 26.3 Å². The Balaban J connectivity index is 0.000000614. The molecule has 25 heavy (non-hydrogen) atoms. The average Bonchev–Trinajstić information content (AvgIpc) is 2.91. The molecule has 0 spiro atoms. The molecule has 1 unspecified atom stereocenters. The number of hydrogen-bond donors (Lipinski definition) is 0. The number of rotatable bonds is 6. The van der Waals surface area contributed by atoms with Gasteiger partial charge >= 0.3 is 0 Å². The Morgan fingerprint density at radius 2 is 1.96 bits per heavy atom. The molecule has 0 aliphatic heterocycles. The van der Waals surface area contributed by atoms with Crippen LogP contribution in [0.3, 0.4) is 0 Å². The summed E-state index contributed by atoms with van der Waals surface area (Å²) in [5.74, 6) is 0.915. The molecule has 1 atom stereocenters. The molecule has 0 aliphatic carbocycles. The van der Waals surface area contributed by atoms with Gasteiger partial charge in [-0.3, -0.25) is 4.79 Å². The minimum atomic E-state index is -0.498. The zero-order chi connectivity index (χ0) is 19.4. The molecule has 0 saturated heterocycles. The summed E-state index contributed by atoms with van der Waals surface area (Å²) in [6.45, 7) is 6.96. The van der Waals surface area contributed by atoms with Gasteiger partial charge in [0.15, 0.2) is 5.56 Å². The van der Waals surface area contributed by atoms with E-state index in [0.717, 1.165) is 18.7 Å². The van der Waals surface area contributed by atoms with Gasteiger partial charge in [0, 0.05) is 31.2 Å². The van der Waals surface area contributed by atoms with Crippen LogP contribution in [-0.2, 0) is 23.0 Å². The van der Waals surface area contributed by atoms with Gasteiger partial charge in [-0.05, 0) is 45.1 Å². The fourth-order valence-electron chi connectivity index (χ4n) is 2.19. The van der Waals surface area contributed by atoms with Gasteiger partial charge in [-0.25, -0.2) is 0 Å². The number of carbonyl (C=O) groups excluding carboxylic acids is 1. The Labute approximate surface area is 156 Å². The molecular formula is C19H31ClN2O3. The number of ether oxygens (including phenoxy) is 2. The zero-order valence-electron chi connectivity index (χ0n) is 16.4. The van der Waals surface area contributed by atoms with E-state index in [9.17, 15) is 4.79 Å². The van der Waals surface area contributed by atoms with Crippen molar-refractivity contribution in [2.75, 3.05) is 27.7 Å². The Morgan fingerprint density at radius 3 is 2.40 bits per heavy atom. The minimum absolute atomic E-state index is 0.317. The predicted octanol–water partition coefficient (Wildman–Crippen LogP) is 4.06. The second kappa shape index (κ2) is 12.6. The molecule has 2 rings (SSSR count). The molecule has 1 aromatic carbocycles. The molecule has 5 nitrogen and oxygen atoms in total. The monoisotopic (exact) mass is 370 g/mol. The summed E-state index contributed by atoms with van der Waals surface area (Å²) in [7, 11) is 8.00. The lowest BCUT2D eigenvalue weighted by molar-refractivity contribution is -0.129. The first kappa shape index (κ1) is 23.3. The van der Waals surface area contributed by atoms with E-state index in [4.69, 9.17) is 16.3 Å². The van der Waals surface area contributed by atoms with Crippen molar-refractivity contribution in [3.63, 3.8) is 0 Å². The number of hydrogen-bond acceptors (Lipinski definition) is 4. The Hall–Kier alpha value is -1.72. The van der Waals surface area contributed by atoms with Crippen LogP contribution in [0, 0.1) is 0 Å². The Bertz CT molecular complexity index is 624. The summed E-state index contributed by atoms with van der Waals surface area (Å²) in [6.07, 6.45) is 3.30. The van der Waals surface area contributed by atoms with Gasteiger partial charge in [0.25, 0.3) is 6.47 Å². The fraction of sp³-hybridized carbons (Fsp3) is 0.526. The number of halogens is 1. The van der Waals surface area contributed by atoms with Crippen LogP contribution in [0.2, 0.25) is 0 Å². The molecule has 0 saturated carbocycles. The third-order valence-corrected chi connectivity index (χ3v) is 3.45. The normalized spacial score (nSPS) is 11.1. The first-order valence-electron chi connectivity index (χ1n) is 8.38. The molecule has 1 heterocycles. The van der Waals surface area contributed by atoms with E-state index < -0.39 is 5.56 Å². The number of nitrogens with zero attached hydrogens (tertiary/aromatic N) is 2. The molecule has 0 amide bonds. The van der Waals surface area contributed by atoms with Crippen molar-refractivity contribution in [1.82, 2.24) is 9.47 Å². The third kappa shape index (κ3) is 8.27. The molecule has 0 fully saturated rings. The van der Waals surface area contributed by atoms with Crippen molar-refractivity contribution in [1.29, 1.82) is 0 Å². The minimum Gasteiger partial charge on any atom is -0.497 e. The molecule has 6 heteroatoms. The van der Waals surface area contributed by atoms with Crippen LogP contribution in [0.5, 0.6) is 5.75 Å². The van der Waals surface area contributed by atoms with Crippen LogP contribution >= 0.6 is 11.6 Å². The lowest BCUT2D eigenvalue weighted by Gasteiger charge is -2.08. The lowest BCUT2D eigenvalue weighted by atomic mass is 10.1. The number of alkyl halides is 1. The molecule has 142 valence electrons. The highest BCUT2D eigenvalue weighted by atomic mass is 35.5. The van der Waals surface area contributed by atoms with Crippen molar-refractivity contribution >= 4 is 29.0 Å². The van der Waals surface area contributed by atoms with E-state index >= 15 is 0 Å². The number of fused-ring (bicyclic) bond motifs is 1. The van der Waals surface area contributed by atoms with Crippen molar-refractivity contribution < 1.29 is 14.3 Å². The summed E-state index contributed by atoms with van der Waals surface area (Å²) in [6, 6.07) is 6.27. The maximum absolute atomic E-state index is 9.31. The lowest BCUT2D eigenvalue weighted by Crippen LogP contribution is -2.14. The number of likely N-dealkylation sites (N-methyl/N-ethyl adjacent to an activating group) is 1. The van der Waals surface area contributed by atoms with Crippen LogP contribution in [-0.4, -0.2) is 49.3 Å². The van der Waals surface area contributed by atoms with Gasteiger partial charge in [-0.2, -0.15) is 0 Å². The number of carbonyl (C=O) groups is 1. The largest absolute Gasteiger partial charge is 0.497 e. The second-order valence-electron chi connectivity index (χ2n) is 5.48. The van der Waals surface area contributed by atoms with Gasteiger partial charge in [-0.15, -0.1) is 0 Å². The predicted molar refractivity (Wildman–Crippen MR) is 106 cm³/mol. The summed E-state index contributed by atoms with van der Waals surface area (Å²) < 4.78 is 11.6. The van der Waals surface area contributed by atoms with Gasteiger partial charge in [0.05, 0.1) is 12.6 Å². The maximum Gasteiger partial charge on any atom is 0.294 e. The van der Waals surface area contributed by atoms with Crippen LogP contribution in [0.25, 0.3) is 10.9 Å². The highest BCUT2D eigenvalue weighted by molar-refractivity contribution is 6.19. The molecule has 2 aromatic rings. The fourth-order valence-corrected chi connectivity index (χ4v) is 2.24. The third-order valence-electron chi connectivity index (χ3n) is 3.35. The molecule has 0 bridgehead atoms. The van der Waals surface area contributed by atoms with E-state index in [-0.39, 0.29) is 0 Å². The number of aryl methyl sites for hydroxylation is 1. The van der Waals surface area contributed by atoms with E-state index in [0.29, 0.717) is 6.47 Å². The van der Waals surface area contributed by atoms with Crippen molar-refractivity contribution in [3.05, 3.63) is 30.0 Å². The summed E-state index contributed by atoms with van der Waals surface area (Å²) >= 11 is 5.12. The van der Waals surface area contributed by atoms with E-state index in [1.807, 2.05) is 19.9 Å². The van der Waals surface area contributed by atoms with E-state index in [2.05, 4.69) is 53.7 Å². The first-order valence-corrected chi connectivity index (χ1v) is 8.82. The van der Waals surface area contributed by atoms with Crippen LogP contribution < -0.4 is 4.74 Å². The van der Waals surface area contributed by atoms with Gasteiger partial charge in [0.2, 0.25) is 0 Å². The second-order valence-corrected chi connectivity index (χ2v) is 6.09. The highest BCUT2D eigenvalue weighted by Gasteiger charge is 2.07. The SMILES string of the molecule is CC.CC(Cl)OC=O.COc1ccc2c(CCN(C)C)cn(C)c2c1. The van der Waals surface area contributed by atoms with Gasteiger partial charge in [0.1, 0.15) is 5.75 Å². The topological polar surface area (TPSA) is 43.7 Å². The number of methoxy groups -OCH3 is 1. The van der Waals surface area contributed by atoms with E-state index in [1.54, 1.807) is 14.0 Å². The summed E-state index contributed by atoms with van der Waals surface area (Å²) in [5.41, 5.74) is 2.14.